The first-order valence-corrected chi connectivity index (χ1v) is 7.10. The molecule has 1 aromatic carbocycles. The van der Waals surface area contributed by atoms with Gasteiger partial charge in [0, 0.05) is 11.8 Å². The summed E-state index contributed by atoms with van der Waals surface area (Å²) in [5.74, 6) is 0. The Labute approximate surface area is 90.0 Å². The maximum Gasteiger partial charge on any atom is 0.117 e. The molecule has 0 spiro atoms. The van der Waals surface area contributed by atoms with Gasteiger partial charge in [-0.1, -0.05) is 46.7 Å². The van der Waals surface area contributed by atoms with E-state index in [0.717, 1.165) is 11.8 Å². The Bertz CT molecular complexity index is 276. The molecule has 0 heterocycles. The quantitative estimate of drug-likeness (QED) is 0.728. The molecule has 0 aliphatic rings. The minimum atomic E-state index is -1.03. The van der Waals surface area contributed by atoms with Gasteiger partial charge in [-0.15, -0.1) is 0 Å². The van der Waals surface area contributed by atoms with Crippen LogP contribution in [-0.2, 0) is 6.54 Å². The molecule has 0 saturated heterocycles. The van der Waals surface area contributed by atoms with Gasteiger partial charge in [0.1, 0.15) is 6.63 Å². The topological polar surface area (TPSA) is 3.24 Å². The van der Waals surface area contributed by atoms with Crippen LogP contribution in [-0.4, -0.2) is 19.0 Å². The summed E-state index contributed by atoms with van der Waals surface area (Å²) in [7, 11) is 4.06. The van der Waals surface area contributed by atoms with Crippen LogP contribution in [0.2, 0.25) is 0 Å². The molecule has 4 heteroatoms. The minimum absolute atomic E-state index is 0.883. The average molecular weight is 236 g/mol. The Kier molecular flexibility index (Phi) is 4.48. The first-order chi connectivity index (χ1) is 6.11. The fourth-order valence-corrected chi connectivity index (χ4v) is 2.70. The molecule has 0 aliphatic carbocycles. The molecule has 0 atom stereocenters. The highest BCUT2D eigenvalue weighted by molar-refractivity contribution is 8.08. The highest BCUT2D eigenvalue weighted by atomic mass is 35.9. The maximum absolute atomic E-state index is 5.90. The smallest absolute Gasteiger partial charge is 0.117 e. The minimum Gasteiger partial charge on any atom is -0.305 e. The van der Waals surface area contributed by atoms with Gasteiger partial charge in [0.05, 0.1) is 0 Å². The van der Waals surface area contributed by atoms with Crippen LogP contribution >= 0.6 is 29.1 Å². The number of benzene rings is 1. The molecule has 0 fully saturated rings. The lowest BCUT2D eigenvalue weighted by atomic mass is 10.2. The zero-order valence-corrected chi connectivity index (χ0v) is 10.1. The summed E-state index contributed by atoms with van der Waals surface area (Å²) in [5, 5.41) is 1.06. The molecule has 0 unspecified atom stereocenters. The lowest BCUT2D eigenvalue weighted by Crippen LogP contribution is -2.16. The molecule has 72 valence electrons. The van der Waals surface area contributed by atoms with Crippen LogP contribution in [0.5, 0.6) is 0 Å². The van der Waals surface area contributed by atoms with Gasteiger partial charge in [0.15, 0.2) is 0 Å². The number of hydrogen-bond donors (Lipinski definition) is 0. The molecule has 0 aromatic heterocycles. The molecule has 0 aliphatic heterocycles. The zero-order valence-electron chi connectivity index (χ0n) is 7.67. The fourth-order valence-electron chi connectivity index (χ4n) is 1.15. The lowest BCUT2D eigenvalue weighted by Gasteiger charge is -2.13. The summed E-state index contributed by atoms with van der Waals surface area (Å²) in [5.41, 5.74) is 1.21. The van der Waals surface area contributed by atoms with Gasteiger partial charge in [-0.2, -0.15) is 0 Å². The van der Waals surface area contributed by atoms with Gasteiger partial charge in [-0.3, -0.25) is 0 Å². The van der Waals surface area contributed by atoms with Gasteiger partial charge in [0.25, 0.3) is 0 Å². The maximum atomic E-state index is 5.90. The third-order valence-corrected chi connectivity index (χ3v) is 3.55. The van der Waals surface area contributed by atoms with E-state index >= 15 is 0 Å². The number of hydrogen-bond acceptors (Lipinski definition) is 1. The van der Waals surface area contributed by atoms with E-state index in [2.05, 4.69) is 11.0 Å². The normalized spacial score (nSPS) is 11.2. The molecule has 0 saturated carbocycles. The standard InChI is InChI=1S/C9H12Cl2NP/c1-12(2)7-8-5-3-4-6-9(8)13(10)11/h3-6H,7H2,1-2H3. The first kappa shape index (κ1) is 11.3. The number of nitrogens with zero attached hydrogens (tertiary/aromatic N) is 1. The second-order valence-corrected chi connectivity index (χ2v) is 6.59. The van der Waals surface area contributed by atoms with E-state index in [1.165, 1.54) is 5.56 Å². The van der Waals surface area contributed by atoms with E-state index in [9.17, 15) is 0 Å². The largest absolute Gasteiger partial charge is 0.305 e. The highest BCUT2D eigenvalue weighted by Gasteiger charge is 2.09. The van der Waals surface area contributed by atoms with Crippen molar-refractivity contribution in [3.05, 3.63) is 29.8 Å². The summed E-state index contributed by atoms with van der Waals surface area (Å²) in [6.07, 6.45) is 0. The van der Waals surface area contributed by atoms with E-state index < -0.39 is 6.63 Å². The van der Waals surface area contributed by atoms with Crippen molar-refractivity contribution < 1.29 is 0 Å². The van der Waals surface area contributed by atoms with Gasteiger partial charge < -0.3 is 4.90 Å². The summed E-state index contributed by atoms with van der Waals surface area (Å²) in [4.78, 5) is 2.10. The lowest BCUT2D eigenvalue weighted by molar-refractivity contribution is 0.403. The predicted molar refractivity (Wildman–Crippen MR) is 62.1 cm³/mol. The van der Waals surface area contributed by atoms with E-state index in [1.54, 1.807) is 0 Å². The molecule has 1 rings (SSSR count). The molecule has 1 aromatic rings. The van der Waals surface area contributed by atoms with Crippen molar-refractivity contribution in [2.24, 2.45) is 0 Å². The van der Waals surface area contributed by atoms with Crippen molar-refractivity contribution >= 4 is 34.4 Å². The number of halogens is 2. The van der Waals surface area contributed by atoms with Crippen LogP contribution in [0.15, 0.2) is 24.3 Å². The van der Waals surface area contributed by atoms with Crippen LogP contribution < -0.4 is 5.30 Å². The van der Waals surface area contributed by atoms with Gasteiger partial charge >= 0.3 is 0 Å². The Hall–Kier alpha value is 0.190. The highest BCUT2D eigenvalue weighted by Crippen LogP contribution is 2.46. The molecule has 0 amide bonds. The van der Waals surface area contributed by atoms with Gasteiger partial charge in [-0.25, -0.2) is 0 Å². The van der Waals surface area contributed by atoms with Crippen LogP contribution in [0, 0.1) is 0 Å². The molecule has 0 radical (unpaired) electrons. The Morgan fingerprint density at radius 3 is 2.38 bits per heavy atom. The Morgan fingerprint density at radius 2 is 1.85 bits per heavy atom. The summed E-state index contributed by atoms with van der Waals surface area (Å²) < 4.78 is 0. The second-order valence-electron chi connectivity index (χ2n) is 3.10. The molecule has 1 nitrogen and oxygen atoms in total. The number of rotatable bonds is 3. The van der Waals surface area contributed by atoms with Crippen LogP contribution in [0.3, 0.4) is 0 Å². The average Bonchev–Trinajstić information content (AvgIpc) is 2.03. The van der Waals surface area contributed by atoms with Crippen LogP contribution in [0.1, 0.15) is 5.56 Å². The van der Waals surface area contributed by atoms with Crippen molar-refractivity contribution in [1.82, 2.24) is 4.90 Å². The molecule has 13 heavy (non-hydrogen) atoms. The van der Waals surface area contributed by atoms with E-state index in [1.807, 2.05) is 32.3 Å². The second kappa shape index (κ2) is 5.17. The monoisotopic (exact) mass is 235 g/mol. The molecular weight excluding hydrogens is 224 g/mol. The molecule has 0 N–H and O–H groups in total. The van der Waals surface area contributed by atoms with Gasteiger partial charge in [-0.05, 0) is 19.7 Å². The fraction of sp³-hybridized carbons (Fsp3) is 0.333. The van der Waals surface area contributed by atoms with Crippen molar-refractivity contribution in [2.75, 3.05) is 14.1 Å². The molecular formula is C9H12Cl2NP. The predicted octanol–water partition coefficient (Wildman–Crippen LogP) is 3.16. The Morgan fingerprint density at radius 1 is 1.23 bits per heavy atom. The summed E-state index contributed by atoms with van der Waals surface area (Å²) in [6.45, 7) is -0.146. The summed E-state index contributed by atoms with van der Waals surface area (Å²) >= 11 is 11.8. The summed E-state index contributed by atoms with van der Waals surface area (Å²) in [6, 6.07) is 8.03. The SMILES string of the molecule is CN(C)Cc1ccccc1P(Cl)Cl. The first-order valence-electron chi connectivity index (χ1n) is 3.95. The van der Waals surface area contributed by atoms with Crippen molar-refractivity contribution in [2.45, 2.75) is 6.54 Å². The third kappa shape index (κ3) is 3.44. The van der Waals surface area contributed by atoms with Crippen molar-refractivity contribution in [1.29, 1.82) is 0 Å². The van der Waals surface area contributed by atoms with Crippen LogP contribution in [0.4, 0.5) is 0 Å². The van der Waals surface area contributed by atoms with Crippen molar-refractivity contribution in [3.8, 4) is 0 Å². The third-order valence-electron chi connectivity index (χ3n) is 1.66. The van der Waals surface area contributed by atoms with Crippen molar-refractivity contribution in [3.63, 3.8) is 0 Å². The van der Waals surface area contributed by atoms with E-state index in [4.69, 9.17) is 22.5 Å². The van der Waals surface area contributed by atoms with E-state index in [-0.39, 0.29) is 0 Å². The van der Waals surface area contributed by atoms with Gasteiger partial charge in [0.2, 0.25) is 0 Å². The molecule has 0 bridgehead atoms. The van der Waals surface area contributed by atoms with E-state index in [0.29, 0.717) is 0 Å². The zero-order chi connectivity index (χ0) is 9.84. The van der Waals surface area contributed by atoms with Crippen LogP contribution in [0.25, 0.3) is 0 Å². The Balaban J connectivity index is 2.91.